The number of hydrogen-bond acceptors (Lipinski definition) is 2. The summed E-state index contributed by atoms with van der Waals surface area (Å²) in [6.45, 7) is 2.99. The van der Waals surface area contributed by atoms with Crippen molar-refractivity contribution in [1.29, 1.82) is 0 Å². The third-order valence-corrected chi connectivity index (χ3v) is 2.55. The lowest BCUT2D eigenvalue weighted by molar-refractivity contribution is 0.414. The van der Waals surface area contributed by atoms with E-state index in [0.29, 0.717) is 0 Å². The maximum absolute atomic E-state index is 5.38. The highest BCUT2D eigenvalue weighted by Gasteiger charge is 2.00. The van der Waals surface area contributed by atoms with Crippen LogP contribution < -0.4 is 10.1 Å². The molecule has 0 spiro atoms. The highest BCUT2D eigenvalue weighted by Crippen LogP contribution is 2.12. The van der Waals surface area contributed by atoms with Crippen LogP contribution in [0.4, 0.5) is 0 Å². The lowest BCUT2D eigenvalue weighted by Gasteiger charge is -2.10. The molecular formula is C14H19NO. The van der Waals surface area contributed by atoms with Gasteiger partial charge in [-0.2, -0.15) is 0 Å². The van der Waals surface area contributed by atoms with E-state index < -0.39 is 0 Å². The molecule has 1 rings (SSSR count). The van der Waals surface area contributed by atoms with Crippen LogP contribution in [-0.4, -0.2) is 19.7 Å². The molecule has 0 radical (unpaired) electrons. The Hall–Kier alpha value is -1.46. The van der Waals surface area contributed by atoms with Crippen LogP contribution in [0.5, 0.6) is 5.75 Å². The number of methoxy groups -OCH3 is 1. The van der Waals surface area contributed by atoms with E-state index in [1.165, 1.54) is 5.56 Å². The second-order valence-corrected chi connectivity index (χ2v) is 3.68. The Morgan fingerprint density at radius 3 is 2.94 bits per heavy atom. The van der Waals surface area contributed by atoms with Crippen LogP contribution >= 0.6 is 0 Å². The van der Waals surface area contributed by atoms with Gasteiger partial charge >= 0.3 is 0 Å². The normalized spacial score (nSPS) is 11.8. The number of benzene rings is 1. The molecule has 0 heterocycles. The molecule has 2 heteroatoms. The van der Waals surface area contributed by atoms with Crippen molar-refractivity contribution in [2.75, 3.05) is 13.7 Å². The Morgan fingerprint density at radius 2 is 2.31 bits per heavy atom. The Kier molecular flexibility index (Phi) is 5.45. The predicted molar refractivity (Wildman–Crippen MR) is 67.6 cm³/mol. The van der Waals surface area contributed by atoms with Crippen molar-refractivity contribution in [1.82, 2.24) is 5.32 Å². The van der Waals surface area contributed by atoms with E-state index in [0.717, 1.165) is 25.1 Å². The summed E-state index contributed by atoms with van der Waals surface area (Å²) in [5.74, 6) is 3.63. The molecule has 86 valence electrons. The third-order valence-electron chi connectivity index (χ3n) is 2.55. The van der Waals surface area contributed by atoms with Crippen LogP contribution in [-0.2, 0) is 6.42 Å². The standard InChI is InChI=1S/C14H19NO/c1-4-13(5-2)15-10-9-12-7-6-8-14(11-12)16-3/h1,6-8,11,13,15H,5,9-10H2,2-3H3. The summed E-state index contributed by atoms with van der Waals surface area (Å²) in [6.07, 6.45) is 7.31. The molecule has 0 aromatic heterocycles. The minimum Gasteiger partial charge on any atom is -0.497 e. The molecule has 2 nitrogen and oxygen atoms in total. The molecule has 0 aliphatic heterocycles. The van der Waals surface area contributed by atoms with Crippen LogP contribution in [0, 0.1) is 12.3 Å². The van der Waals surface area contributed by atoms with Gasteiger partial charge in [0.2, 0.25) is 0 Å². The second-order valence-electron chi connectivity index (χ2n) is 3.68. The second kappa shape index (κ2) is 6.92. The quantitative estimate of drug-likeness (QED) is 0.738. The summed E-state index contributed by atoms with van der Waals surface area (Å²) in [7, 11) is 1.68. The Labute approximate surface area is 98.0 Å². The SMILES string of the molecule is C#CC(CC)NCCc1cccc(OC)c1. The maximum Gasteiger partial charge on any atom is 0.119 e. The number of ether oxygens (including phenoxy) is 1. The van der Waals surface area contributed by atoms with Gasteiger partial charge in [0.25, 0.3) is 0 Å². The molecule has 1 aromatic carbocycles. The molecule has 1 atom stereocenters. The monoisotopic (exact) mass is 217 g/mol. The van der Waals surface area contributed by atoms with Gasteiger partial charge in [-0.3, -0.25) is 0 Å². The zero-order chi connectivity index (χ0) is 11.8. The van der Waals surface area contributed by atoms with Crippen molar-refractivity contribution in [3.63, 3.8) is 0 Å². The molecule has 1 unspecified atom stereocenters. The fourth-order valence-electron chi connectivity index (χ4n) is 1.54. The van der Waals surface area contributed by atoms with Crippen molar-refractivity contribution in [2.24, 2.45) is 0 Å². The van der Waals surface area contributed by atoms with Crippen LogP contribution in [0.1, 0.15) is 18.9 Å². The first-order chi connectivity index (χ1) is 7.80. The lowest BCUT2D eigenvalue weighted by atomic mass is 10.1. The van der Waals surface area contributed by atoms with Gasteiger partial charge in [0.15, 0.2) is 0 Å². The Balaban J connectivity index is 2.40. The van der Waals surface area contributed by atoms with Gasteiger partial charge in [0.05, 0.1) is 13.2 Å². The molecule has 0 aliphatic carbocycles. The summed E-state index contributed by atoms with van der Waals surface area (Å²) in [6, 6.07) is 8.30. The highest BCUT2D eigenvalue weighted by atomic mass is 16.5. The van der Waals surface area contributed by atoms with Gasteiger partial charge in [0, 0.05) is 6.54 Å². The molecule has 1 aromatic rings. The highest BCUT2D eigenvalue weighted by molar-refractivity contribution is 5.28. The minimum atomic E-state index is 0.186. The number of hydrogen-bond donors (Lipinski definition) is 1. The Bertz CT molecular complexity index is 354. The molecule has 16 heavy (non-hydrogen) atoms. The zero-order valence-electron chi connectivity index (χ0n) is 9.99. The first-order valence-electron chi connectivity index (χ1n) is 5.62. The van der Waals surface area contributed by atoms with E-state index in [1.54, 1.807) is 7.11 Å². The summed E-state index contributed by atoms with van der Waals surface area (Å²) in [5, 5.41) is 3.33. The van der Waals surface area contributed by atoms with Crippen molar-refractivity contribution in [2.45, 2.75) is 25.8 Å². The fourth-order valence-corrected chi connectivity index (χ4v) is 1.54. The minimum absolute atomic E-state index is 0.186. The summed E-state index contributed by atoms with van der Waals surface area (Å²) in [4.78, 5) is 0. The topological polar surface area (TPSA) is 21.3 Å². The molecule has 1 N–H and O–H groups in total. The molecule has 0 fully saturated rings. The number of nitrogens with one attached hydrogen (secondary N) is 1. The van der Waals surface area contributed by atoms with Crippen LogP contribution in [0.15, 0.2) is 24.3 Å². The largest absolute Gasteiger partial charge is 0.497 e. The first-order valence-corrected chi connectivity index (χ1v) is 5.62. The average molecular weight is 217 g/mol. The van der Waals surface area contributed by atoms with Crippen molar-refractivity contribution >= 4 is 0 Å². The summed E-state index contributed by atoms with van der Waals surface area (Å²) in [5.41, 5.74) is 1.26. The zero-order valence-corrected chi connectivity index (χ0v) is 9.99. The van der Waals surface area contributed by atoms with E-state index in [1.807, 2.05) is 12.1 Å². The molecular weight excluding hydrogens is 198 g/mol. The van der Waals surface area contributed by atoms with E-state index in [-0.39, 0.29) is 6.04 Å². The molecule has 0 amide bonds. The van der Waals surface area contributed by atoms with Gasteiger partial charge in [-0.1, -0.05) is 25.0 Å². The molecule has 0 aliphatic rings. The van der Waals surface area contributed by atoms with Gasteiger partial charge in [0.1, 0.15) is 5.75 Å². The van der Waals surface area contributed by atoms with Gasteiger partial charge in [-0.05, 0) is 30.5 Å². The molecule has 0 saturated carbocycles. The van der Waals surface area contributed by atoms with Gasteiger partial charge in [-0.25, -0.2) is 0 Å². The maximum atomic E-state index is 5.38. The molecule has 0 saturated heterocycles. The van der Waals surface area contributed by atoms with E-state index in [2.05, 4.69) is 30.3 Å². The van der Waals surface area contributed by atoms with Crippen LogP contribution in [0.25, 0.3) is 0 Å². The third kappa shape index (κ3) is 3.96. The fraction of sp³-hybridized carbons (Fsp3) is 0.429. The van der Waals surface area contributed by atoms with Gasteiger partial charge in [-0.15, -0.1) is 6.42 Å². The number of terminal acetylenes is 1. The average Bonchev–Trinajstić information content (AvgIpc) is 2.35. The van der Waals surface area contributed by atoms with E-state index in [9.17, 15) is 0 Å². The summed E-state index contributed by atoms with van der Waals surface area (Å²) >= 11 is 0. The first kappa shape index (κ1) is 12.6. The molecule has 0 bridgehead atoms. The van der Waals surface area contributed by atoms with Crippen LogP contribution in [0.3, 0.4) is 0 Å². The summed E-state index contributed by atoms with van der Waals surface area (Å²) < 4.78 is 5.17. The van der Waals surface area contributed by atoms with E-state index >= 15 is 0 Å². The number of rotatable bonds is 6. The van der Waals surface area contributed by atoms with Gasteiger partial charge < -0.3 is 10.1 Å². The van der Waals surface area contributed by atoms with E-state index in [4.69, 9.17) is 11.2 Å². The smallest absolute Gasteiger partial charge is 0.119 e. The van der Waals surface area contributed by atoms with Crippen molar-refractivity contribution < 1.29 is 4.74 Å². The van der Waals surface area contributed by atoms with Crippen LogP contribution in [0.2, 0.25) is 0 Å². The lowest BCUT2D eigenvalue weighted by Crippen LogP contribution is -2.28. The van der Waals surface area contributed by atoms with Crippen molar-refractivity contribution in [3.05, 3.63) is 29.8 Å². The van der Waals surface area contributed by atoms with Crippen molar-refractivity contribution in [3.8, 4) is 18.1 Å². The Morgan fingerprint density at radius 1 is 1.50 bits per heavy atom. The predicted octanol–water partition coefficient (Wildman–Crippen LogP) is 2.24.